The Balaban J connectivity index is 2.41. The molecule has 5 heteroatoms. The van der Waals surface area contributed by atoms with Gasteiger partial charge >= 0.3 is 5.97 Å². The van der Waals surface area contributed by atoms with Crippen molar-refractivity contribution < 1.29 is 14.3 Å². The van der Waals surface area contributed by atoms with E-state index in [1.54, 1.807) is 0 Å². The summed E-state index contributed by atoms with van der Waals surface area (Å²) in [4.78, 5) is 14.9. The first-order valence-corrected chi connectivity index (χ1v) is 5.08. The molecule has 1 fully saturated rings. The molecule has 1 saturated heterocycles. The van der Waals surface area contributed by atoms with E-state index in [1.165, 1.54) is 12.3 Å². The number of hydrogen-bond donors (Lipinski definition) is 2. The second-order valence-electron chi connectivity index (χ2n) is 4.33. The van der Waals surface area contributed by atoms with Crippen molar-refractivity contribution >= 4 is 5.97 Å². The highest BCUT2D eigenvalue weighted by atomic mass is 19.1. The Morgan fingerprint density at radius 1 is 1.69 bits per heavy atom. The molecule has 0 bridgehead atoms. The Hall–Kier alpha value is -1.49. The molecular formula is C11H13FN2O2. The number of rotatable bonds is 2. The molecule has 2 heterocycles. The van der Waals surface area contributed by atoms with E-state index in [0.29, 0.717) is 18.7 Å². The van der Waals surface area contributed by atoms with Crippen LogP contribution in [0.5, 0.6) is 0 Å². The number of carboxylic acids is 1. The van der Waals surface area contributed by atoms with Gasteiger partial charge in [-0.25, -0.2) is 4.39 Å². The maximum atomic E-state index is 13.1. The van der Waals surface area contributed by atoms with E-state index in [-0.39, 0.29) is 0 Å². The number of aliphatic carboxylic acids is 1. The minimum atomic E-state index is -0.864. The van der Waals surface area contributed by atoms with E-state index >= 15 is 0 Å². The predicted octanol–water partition coefficient (Wildman–Crippen LogP) is 0.782. The summed E-state index contributed by atoms with van der Waals surface area (Å²) in [5, 5.41) is 12.2. The minimum Gasteiger partial charge on any atom is -0.481 e. The summed E-state index contributed by atoms with van der Waals surface area (Å²) >= 11 is 0. The summed E-state index contributed by atoms with van der Waals surface area (Å²) in [6, 6.07) is 1.36. The van der Waals surface area contributed by atoms with Gasteiger partial charge in [-0.05, 0) is 11.6 Å². The highest BCUT2D eigenvalue weighted by Gasteiger charge is 2.44. The number of aromatic nitrogens is 1. The number of pyridine rings is 1. The molecule has 0 aliphatic carbocycles. The van der Waals surface area contributed by atoms with Crippen molar-refractivity contribution in [2.45, 2.75) is 12.3 Å². The van der Waals surface area contributed by atoms with Crippen LogP contribution in [0.4, 0.5) is 4.39 Å². The average molecular weight is 224 g/mol. The van der Waals surface area contributed by atoms with Crippen LogP contribution in [0, 0.1) is 11.7 Å². The fourth-order valence-corrected chi connectivity index (χ4v) is 2.21. The van der Waals surface area contributed by atoms with E-state index in [1.807, 2.05) is 6.92 Å². The third-order valence-electron chi connectivity index (χ3n) is 3.27. The third kappa shape index (κ3) is 1.67. The maximum absolute atomic E-state index is 13.1. The molecule has 86 valence electrons. The van der Waals surface area contributed by atoms with Gasteiger partial charge in [0.1, 0.15) is 5.82 Å². The van der Waals surface area contributed by atoms with Crippen molar-refractivity contribution in [3.8, 4) is 0 Å². The highest BCUT2D eigenvalue weighted by Crippen LogP contribution is 2.35. The summed E-state index contributed by atoms with van der Waals surface area (Å²) < 4.78 is 13.1. The Bertz CT molecular complexity index is 424. The van der Waals surface area contributed by atoms with Gasteiger partial charge in [-0.15, -0.1) is 0 Å². The standard InChI is InChI=1S/C11H13FN2O2/c1-11(6-14-5-9(11)10(15)16)7-2-8(12)4-13-3-7/h2-4,9,14H,5-6H2,1H3,(H,15,16). The van der Waals surface area contributed by atoms with E-state index in [2.05, 4.69) is 10.3 Å². The van der Waals surface area contributed by atoms with E-state index in [4.69, 9.17) is 5.11 Å². The monoisotopic (exact) mass is 224 g/mol. The average Bonchev–Trinajstić information content (AvgIpc) is 2.62. The van der Waals surface area contributed by atoms with Crippen LogP contribution in [-0.4, -0.2) is 29.1 Å². The molecule has 1 aliphatic rings. The molecule has 2 atom stereocenters. The molecule has 2 unspecified atom stereocenters. The van der Waals surface area contributed by atoms with Gasteiger partial charge in [0.25, 0.3) is 0 Å². The molecule has 2 rings (SSSR count). The van der Waals surface area contributed by atoms with Crippen LogP contribution in [0.25, 0.3) is 0 Å². The van der Waals surface area contributed by atoms with Gasteiger partial charge in [0.05, 0.1) is 12.1 Å². The van der Waals surface area contributed by atoms with Gasteiger partial charge in [-0.2, -0.15) is 0 Å². The fourth-order valence-electron chi connectivity index (χ4n) is 2.21. The number of hydrogen-bond acceptors (Lipinski definition) is 3. The van der Waals surface area contributed by atoms with E-state index < -0.39 is 23.1 Å². The predicted molar refractivity (Wildman–Crippen MR) is 55.5 cm³/mol. The largest absolute Gasteiger partial charge is 0.481 e. The Morgan fingerprint density at radius 2 is 2.44 bits per heavy atom. The first-order valence-electron chi connectivity index (χ1n) is 5.08. The van der Waals surface area contributed by atoms with Crippen LogP contribution in [0.15, 0.2) is 18.5 Å². The van der Waals surface area contributed by atoms with Crippen LogP contribution in [0.2, 0.25) is 0 Å². The van der Waals surface area contributed by atoms with Crippen LogP contribution in [-0.2, 0) is 10.2 Å². The topological polar surface area (TPSA) is 62.2 Å². The van der Waals surface area contributed by atoms with Crippen LogP contribution in [0.1, 0.15) is 12.5 Å². The van der Waals surface area contributed by atoms with Gasteiger partial charge in [-0.1, -0.05) is 6.92 Å². The SMILES string of the molecule is CC1(c2cncc(F)c2)CNCC1C(=O)O. The fraction of sp³-hybridized carbons (Fsp3) is 0.455. The van der Waals surface area contributed by atoms with Gasteiger partial charge in [0.2, 0.25) is 0 Å². The van der Waals surface area contributed by atoms with E-state index in [9.17, 15) is 9.18 Å². The highest BCUT2D eigenvalue weighted by molar-refractivity contribution is 5.73. The number of nitrogens with zero attached hydrogens (tertiary/aromatic N) is 1. The summed E-state index contributed by atoms with van der Waals surface area (Å²) in [6.45, 7) is 2.75. The Kier molecular flexibility index (Phi) is 2.63. The van der Waals surface area contributed by atoms with Gasteiger partial charge < -0.3 is 10.4 Å². The van der Waals surface area contributed by atoms with Crippen LogP contribution >= 0.6 is 0 Å². The second-order valence-corrected chi connectivity index (χ2v) is 4.33. The quantitative estimate of drug-likeness (QED) is 0.779. The molecule has 1 aromatic heterocycles. The maximum Gasteiger partial charge on any atom is 0.308 e. The minimum absolute atomic E-state index is 0.405. The zero-order valence-electron chi connectivity index (χ0n) is 8.90. The van der Waals surface area contributed by atoms with Crippen LogP contribution < -0.4 is 5.32 Å². The zero-order valence-corrected chi connectivity index (χ0v) is 8.90. The number of carbonyl (C=O) groups is 1. The third-order valence-corrected chi connectivity index (χ3v) is 3.27. The summed E-state index contributed by atoms with van der Waals surface area (Å²) in [7, 11) is 0. The molecule has 2 N–H and O–H groups in total. The lowest BCUT2D eigenvalue weighted by Gasteiger charge is -2.27. The van der Waals surface area contributed by atoms with Crippen molar-refractivity contribution in [1.82, 2.24) is 10.3 Å². The molecule has 0 aromatic carbocycles. The van der Waals surface area contributed by atoms with Crippen LogP contribution in [0.3, 0.4) is 0 Å². The lowest BCUT2D eigenvalue weighted by Crippen LogP contribution is -2.36. The molecule has 4 nitrogen and oxygen atoms in total. The van der Waals surface area contributed by atoms with E-state index in [0.717, 1.165) is 6.20 Å². The summed E-state index contributed by atoms with van der Waals surface area (Å²) in [5.41, 5.74) is 0.0332. The smallest absolute Gasteiger partial charge is 0.308 e. The second kappa shape index (κ2) is 3.83. The summed E-state index contributed by atoms with van der Waals surface area (Å²) in [6.07, 6.45) is 2.65. The molecule has 0 spiro atoms. The number of carboxylic acid groups (broad SMARTS) is 1. The normalized spacial score (nSPS) is 29.2. The first-order chi connectivity index (χ1) is 7.54. The van der Waals surface area contributed by atoms with Crippen molar-refractivity contribution in [2.75, 3.05) is 13.1 Å². The molecular weight excluding hydrogens is 211 g/mol. The molecule has 1 aromatic rings. The van der Waals surface area contributed by atoms with Gasteiger partial charge in [-0.3, -0.25) is 9.78 Å². The Labute approximate surface area is 92.5 Å². The van der Waals surface area contributed by atoms with Crippen molar-refractivity contribution in [2.24, 2.45) is 5.92 Å². The lowest BCUT2D eigenvalue weighted by molar-refractivity contribution is -0.142. The Morgan fingerprint density at radius 3 is 3.06 bits per heavy atom. The zero-order chi connectivity index (χ0) is 11.8. The van der Waals surface area contributed by atoms with Gasteiger partial charge in [0, 0.05) is 24.7 Å². The van der Waals surface area contributed by atoms with Gasteiger partial charge in [0.15, 0.2) is 0 Å². The first kappa shape index (κ1) is 11.0. The number of halogens is 1. The molecule has 1 aliphatic heterocycles. The molecule has 0 saturated carbocycles. The van der Waals surface area contributed by atoms with Crippen molar-refractivity contribution in [3.05, 3.63) is 29.8 Å². The lowest BCUT2D eigenvalue weighted by atomic mass is 9.75. The molecule has 0 radical (unpaired) electrons. The molecule has 0 amide bonds. The summed E-state index contributed by atoms with van der Waals surface area (Å²) in [5.74, 6) is -1.84. The number of nitrogens with one attached hydrogen (secondary N) is 1. The molecule has 16 heavy (non-hydrogen) atoms. The van der Waals surface area contributed by atoms with Crippen molar-refractivity contribution in [1.29, 1.82) is 0 Å². The van der Waals surface area contributed by atoms with Crippen molar-refractivity contribution in [3.63, 3.8) is 0 Å².